The molecule has 2 rings (SSSR count). The zero-order valence-corrected chi connectivity index (χ0v) is 18.3. The quantitative estimate of drug-likeness (QED) is 0.0986. The molecule has 164 valence electrons. The highest BCUT2D eigenvalue weighted by molar-refractivity contribution is 7.99. The van der Waals surface area contributed by atoms with E-state index >= 15 is 0 Å². The first-order valence-electron chi connectivity index (χ1n) is 9.04. The van der Waals surface area contributed by atoms with Crippen molar-refractivity contribution >= 4 is 39.4 Å². The molecule has 1 heterocycles. The number of carbonyl (C=O) groups is 2. The Kier molecular flexibility index (Phi) is 7.84. The van der Waals surface area contributed by atoms with Crippen LogP contribution in [0.4, 0.5) is 5.69 Å². The SMILES string of the molecule is CCSC1CC(=O)N1/C(C(=O)OCc1ccc([N+](=O)[O-])cc1)=C(\CC)OS(C)(=O)=O. The van der Waals surface area contributed by atoms with Crippen LogP contribution in [0.2, 0.25) is 0 Å². The van der Waals surface area contributed by atoms with E-state index in [0.717, 1.165) is 6.26 Å². The molecular weight excluding hydrogens is 436 g/mol. The van der Waals surface area contributed by atoms with Gasteiger partial charge in [0.2, 0.25) is 5.91 Å². The van der Waals surface area contributed by atoms with Gasteiger partial charge in [0, 0.05) is 18.6 Å². The number of nitrogens with zero attached hydrogens (tertiary/aromatic N) is 2. The molecule has 1 amide bonds. The number of non-ortho nitro benzene ring substituents is 1. The van der Waals surface area contributed by atoms with Gasteiger partial charge in [0.05, 0.1) is 23.0 Å². The number of rotatable bonds is 10. The summed E-state index contributed by atoms with van der Waals surface area (Å²) in [4.78, 5) is 36.5. The lowest BCUT2D eigenvalue weighted by molar-refractivity contribution is -0.384. The van der Waals surface area contributed by atoms with E-state index in [0.29, 0.717) is 11.3 Å². The molecule has 1 aromatic carbocycles. The summed E-state index contributed by atoms with van der Waals surface area (Å²) >= 11 is 1.43. The van der Waals surface area contributed by atoms with Gasteiger partial charge < -0.3 is 8.92 Å². The highest BCUT2D eigenvalue weighted by Gasteiger charge is 2.43. The first-order chi connectivity index (χ1) is 14.1. The average Bonchev–Trinajstić information content (AvgIpc) is 2.67. The third-order valence-corrected chi connectivity index (χ3v) is 5.65. The molecule has 30 heavy (non-hydrogen) atoms. The van der Waals surface area contributed by atoms with Crippen LogP contribution in [-0.4, -0.2) is 47.5 Å². The van der Waals surface area contributed by atoms with E-state index < -0.39 is 21.0 Å². The zero-order chi connectivity index (χ0) is 22.5. The Labute approximate surface area is 178 Å². The molecule has 1 aromatic rings. The van der Waals surface area contributed by atoms with Crippen molar-refractivity contribution in [3.05, 3.63) is 51.4 Å². The fourth-order valence-corrected chi connectivity index (χ4v) is 4.29. The molecule has 1 aliphatic heterocycles. The number of nitro benzene ring substituents is 1. The molecular formula is C18H22N2O8S2. The monoisotopic (exact) mass is 458 g/mol. The second-order valence-electron chi connectivity index (χ2n) is 6.29. The maximum absolute atomic E-state index is 12.8. The molecule has 0 aliphatic carbocycles. The summed E-state index contributed by atoms with van der Waals surface area (Å²) in [7, 11) is -3.93. The van der Waals surface area contributed by atoms with E-state index in [9.17, 15) is 28.1 Å². The Morgan fingerprint density at radius 2 is 1.93 bits per heavy atom. The molecule has 0 radical (unpaired) electrons. The van der Waals surface area contributed by atoms with Gasteiger partial charge in [-0.05, 0) is 23.4 Å². The van der Waals surface area contributed by atoms with Gasteiger partial charge in [0.15, 0.2) is 11.5 Å². The number of esters is 1. The minimum atomic E-state index is -3.93. The van der Waals surface area contributed by atoms with Gasteiger partial charge in [0.1, 0.15) is 6.61 Å². The van der Waals surface area contributed by atoms with Crippen LogP contribution < -0.4 is 0 Å². The third-order valence-electron chi connectivity index (χ3n) is 4.05. The highest BCUT2D eigenvalue weighted by atomic mass is 32.2. The summed E-state index contributed by atoms with van der Waals surface area (Å²) in [6, 6.07) is 5.42. The lowest BCUT2D eigenvalue weighted by atomic mass is 10.1. The molecule has 1 fully saturated rings. The van der Waals surface area contributed by atoms with E-state index in [1.807, 2.05) is 6.92 Å². The number of allylic oxidation sites excluding steroid dienone is 1. The normalized spacial score (nSPS) is 17.1. The number of carbonyl (C=O) groups excluding carboxylic acids is 2. The number of hydrogen-bond donors (Lipinski definition) is 0. The Morgan fingerprint density at radius 1 is 1.30 bits per heavy atom. The summed E-state index contributed by atoms with van der Waals surface area (Å²) in [5.74, 6) is -0.746. The van der Waals surface area contributed by atoms with Gasteiger partial charge in [0.25, 0.3) is 5.69 Å². The van der Waals surface area contributed by atoms with Gasteiger partial charge >= 0.3 is 16.1 Å². The largest absolute Gasteiger partial charge is 0.456 e. The van der Waals surface area contributed by atoms with Crippen LogP contribution >= 0.6 is 11.8 Å². The molecule has 1 saturated heterocycles. The number of benzene rings is 1. The fourth-order valence-electron chi connectivity index (χ4n) is 2.71. The maximum Gasteiger partial charge on any atom is 0.359 e. The lowest BCUT2D eigenvalue weighted by Gasteiger charge is -2.40. The van der Waals surface area contributed by atoms with Crippen LogP contribution in [0.3, 0.4) is 0 Å². The maximum atomic E-state index is 12.8. The fraction of sp³-hybridized carbons (Fsp3) is 0.444. The third kappa shape index (κ3) is 5.95. The van der Waals surface area contributed by atoms with E-state index in [4.69, 9.17) is 8.92 Å². The van der Waals surface area contributed by atoms with Crippen LogP contribution in [-0.2, 0) is 35.2 Å². The zero-order valence-electron chi connectivity index (χ0n) is 16.7. The number of ether oxygens (including phenoxy) is 1. The van der Waals surface area contributed by atoms with Gasteiger partial charge in [-0.3, -0.25) is 19.8 Å². The molecule has 0 aromatic heterocycles. The van der Waals surface area contributed by atoms with Gasteiger partial charge in [-0.2, -0.15) is 8.42 Å². The summed E-state index contributed by atoms with van der Waals surface area (Å²) < 4.78 is 33.5. The first-order valence-corrected chi connectivity index (χ1v) is 11.9. The number of β-lactam (4-membered cyclic amide) rings is 1. The van der Waals surface area contributed by atoms with E-state index in [1.54, 1.807) is 6.92 Å². The summed E-state index contributed by atoms with van der Waals surface area (Å²) in [5, 5.41) is 10.4. The molecule has 10 nitrogen and oxygen atoms in total. The number of hydrogen-bond acceptors (Lipinski definition) is 9. The van der Waals surface area contributed by atoms with Gasteiger partial charge in [-0.1, -0.05) is 13.8 Å². The Balaban J connectivity index is 2.30. The Bertz CT molecular complexity index is 957. The van der Waals surface area contributed by atoms with Gasteiger partial charge in [-0.15, -0.1) is 11.8 Å². The molecule has 0 saturated carbocycles. The Hall–Kier alpha value is -2.60. The first kappa shape index (κ1) is 23.7. The van der Waals surface area contributed by atoms with Crippen LogP contribution in [0.15, 0.2) is 35.7 Å². The van der Waals surface area contributed by atoms with E-state index in [2.05, 4.69) is 0 Å². The van der Waals surface area contributed by atoms with Crippen molar-refractivity contribution < 1.29 is 31.9 Å². The van der Waals surface area contributed by atoms with Crippen LogP contribution in [0.25, 0.3) is 0 Å². The highest BCUT2D eigenvalue weighted by Crippen LogP contribution is 2.35. The van der Waals surface area contributed by atoms with Crippen molar-refractivity contribution in [2.75, 3.05) is 12.0 Å². The predicted molar refractivity (Wildman–Crippen MR) is 110 cm³/mol. The van der Waals surface area contributed by atoms with Crippen LogP contribution in [0.1, 0.15) is 32.3 Å². The molecule has 1 atom stereocenters. The standard InChI is InChI=1S/C18H22N2O8S2/c1-4-14(28-30(3,25)26)17(19-15(21)10-16(19)29-5-2)18(22)27-11-12-6-8-13(9-7-12)20(23)24/h6-9,16H,4-5,10-11H2,1-3H3/b17-14+. The number of thioether (sulfide) groups is 1. The predicted octanol–water partition coefficient (Wildman–Crippen LogP) is 2.55. The number of likely N-dealkylation sites (tertiary alicyclic amines) is 1. The molecule has 0 N–H and O–H groups in total. The second-order valence-corrected chi connectivity index (χ2v) is 9.32. The topological polar surface area (TPSA) is 133 Å². The summed E-state index contributed by atoms with van der Waals surface area (Å²) in [5.41, 5.74) is 0.142. The van der Waals surface area contributed by atoms with Crippen LogP contribution in [0, 0.1) is 10.1 Å². The molecule has 0 spiro atoms. The molecule has 12 heteroatoms. The van der Waals surface area contributed by atoms with Crippen molar-refractivity contribution in [3.63, 3.8) is 0 Å². The Morgan fingerprint density at radius 3 is 2.40 bits per heavy atom. The molecule has 0 bridgehead atoms. The van der Waals surface area contributed by atoms with Crippen molar-refractivity contribution in [2.24, 2.45) is 0 Å². The molecule has 1 aliphatic rings. The van der Waals surface area contributed by atoms with Crippen LogP contribution in [0.5, 0.6) is 0 Å². The summed E-state index contributed by atoms with van der Waals surface area (Å²) in [6.45, 7) is 3.27. The van der Waals surface area contributed by atoms with E-state index in [-0.39, 0.29) is 47.9 Å². The average molecular weight is 459 g/mol. The number of nitro groups is 1. The summed E-state index contributed by atoms with van der Waals surface area (Å²) in [6.07, 6.45) is 1.11. The van der Waals surface area contributed by atoms with E-state index in [1.165, 1.54) is 40.9 Å². The second kappa shape index (κ2) is 9.94. The van der Waals surface area contributed by atoms with Gasteiger partial charge in [-0.25, -0.2) is 4.79 Å². The molecule has 1 unspecified atom stereocenters. The number of amides is 1. The smallest absolute Gasteiger partial charge is 0.359 e. The van der Waals surface area contributed by atoms with Crippen molar-refractivity contribution in [1.82, 2.24) is 4.90 Å². The minimum Gasteiger partial charge on any atom is -0.456 e. The lowest BCUT2D eigenvalue weighted by Crippen LogP contribution is -2.52. The van der Waals surface area contributed by atoms with Crippen molar-refractivity contribution in [3.8, 4) is 0 Å². The minimum absolute atomic E-state index is 0.0440. The van der Waals surface area contributed by atoms with Crippen molar-refractivity contribution in [2.45, 2.75) is 38.7 Å². The van der Waals surface area contributed by atoms with Crippen molar-refractivity contribution in [1.29, 1.82) is 0 Å².